The molecule has 0 aliphatic rings. The summed E-state index contributed by atoms with van der Waals surface area (Å²) in [4.78, 5) is 4.23. The van der Waals surface area contributed by atoms with Crippen LogP contribution in [0.25, 0.3) is 0 Å². The lowest BCUT2D eigenvalue weighted by molar-refractivity contribution is 1.14. The highest BCUT2D eigenvalue weighted by Gasteiger charge is 1.98. The molecule has 4 heteroatoms. The molecular weight excluding hydrogens is 236 g/mol. The zero-order valence-electron chi connectivity index (χ0n) is 8.88. The molecule has 0 unspecified atom stereocenters. The fraction of sp³-hybridized carbons (Fsp3) is 0.0833. The largest absolute Gasteiger partial charge is 0.320 e. The molecule has 16 heavy (non-hydrogen) atoms. The molecule has 0 bridgehead atoms. The lowest BCUT2D eigenvalue weighted by atomic mass is 10.2. The normalized spacial score (nSPS) is 10.1. The predicted octanol–water partition coefficient (Wildman–Crippen LogP) is 4.16. The van der Waals surface area contributed by atoms with E-state index in [0.29, 0.717) is 0 Å². The molecule has 0 radical (unpaired) electrons. The zero-order valence-corrected chi connectivity index (χ0v) is 10.5. The van der Waals surface area contributed by atoms with Gasteiger partial charge >= 0.3 is 0 Å². The van der Waals surface area contributed by atoms with E-state index < -0.39 is 0 Å². The van der Waals surface area contributed by atoms with Crippen LogP contribution in [-0.2, 0) is 0 Å². The minimum absolute atomic E-state index is 1.01. The Morgan fingerprint density at radius 3 is 2.62 bits per heavy atom. The molecule has 1 N–H and O–H groups in total. The number of nitrogens with zero attached hydrogens (tertiary/aromatic N) is 1. The van der Waals surface area contributed by atoms with Crippen LogP contribution in [0.4, 0.5) is 5.69 Å². The zero-order chi connectivity index (χ0) is 11.2. The van der Waals surface area contributed by atoms with Crippen LogP contribution in [0, 0.1) is 6.92 Å². The van der Waals surface area contributed by atoms with Crippen LogP contribution in [-0.4, -0.2) is 4.98 Å². The van der Waals surface area contributed by atoms with Crippen molar-refractivity contribution in [1.29, 1.82) is 0 Å². The van der Waals surface area contributed by atoms with E-state index in [1.54, 1.807) is 28.0 Å². The van der Waals surface area contributed by atoms with Crippen molar-refractivity contribution in [1.82, 2.24) is 4.98 Å². The minimum Gasteiger partial charge on any atom is -0.320 e. The molecule has 0 saturated carbocycles. The van der Waals surface area contributed by atoms with Crippen molar-refractivity contribution in [3.63, 3.8) is 0 Å². The second-order valence-electron chi connectivity index (χ2n) is 3.25. The number of benzene rings is 1. The molecule has 0 spiro atoms. The Kier molecular flexibility index (Phi) is 4.13. The highest BCUT2D eigenvalue weighted by molar-refractivity contribution is 8.77. The highest BCUT2D eigenvalue weighted by atomic mass is 33.1. The SMILES string of the molecule is Cc1ccccc1NSSc1ccccn1. The van der Waals surface area contributed by atoms with Crippen molar-refractivity contribution in [2.45, 2.75) is 11.9 Å². The summed E-state index contributed by atoms with van der Waals surface area (Å²) < 4.78 is 3.30. The molecule has 1 aromatic heterocycles. The third kappa shape index (κ3) is 3.18. The van der Waals surface area contributed by atoms with Crippen LogP contribution in [0.1, 0.15) is 5.56 Å². The summed E-state index contributed by atoms with van der Waals surface area (Å²) >= 11 is 0. The molecule has 2 rings (SSSR count). The van der Waals surface area contributed by atoms with E-state index in [-0.39, 0.29) is 0 Å². The van der Waals surface area contributed by atoms with Gasteiger partial charge in [0.25, 0.3) is 0 Å². The fourth-order valence-corrected chi connectivity index (χ4v) is 2.82. The number of hydrogen-bond donors (Lipinski definition) is 1. The first-order valence-corrected chi connectivity index (χ1v) is 7.07. The van der Waals surface area contributed by atoms with Crippen molar-refractivity contribution in [2.24, 2.45) is 0 Å². The van der Waals surface area contributed by atoms with Crippen molar-refractivity contribution in [3.05, 3.63) is 54.2 Å². The first-order chi connectivity index (χ1) is 7.86. The van der Waals surface area contributed by atoms with E-state index in [2.05, 4.69) is 28.8 Å². The van der Waals surface area contributed by atoms with Crippen LogP contribution >= 0.6 is 21.8 Å². The molecule has 2 nitrogen and oxygen atoms in total. The van der Waals surface area contributed by atoms with E-state index >= 15 is 0 Å². The number of aryl methyl sites for hydroxylation is 1. The second kappa shape index (κ2) is 5.82. The number of anilines is 1. The maximum absolute atomic E-state index is 4.23. The Labute approximate surface area is 103 Å². The van der Waals surface area contributed by atoms with Gasteiger partial charge in [0.2, 0.25) is 0 Å². The van der Waals surface area contributed by atoms with Crippen LogP contribution in [0.15, 0.2) is 53.7 Å². The first kappa shape index (κ1) is 11.4. The van der Waals surface area contributed by atoms with E-state index in [0.717, 1.165) is 10.7 Å². The van der Waals surface area contributed by atoms with Crippen LogP contribution in [0.2, 0.25) is 0 Å². The summed E-state index contributed by atoms with van der Waals surface area (Å²) in [7, 11) is 3.20. The minimum atomic E-state index is 1.01. The van der Waals surface area contributed by atoms with Crippen molar-refractivity contribution >= 4 is 27.5 Å². The standard InChI is InChI=1S/C12H12N2S2/c1-10-6-2-3-7-11(10)14-16-15-12-8-4-5-9-13-12/h2-9,14H,1H3. The fourth-order valence-electron chi connectivity index (χ4n) is 1.19. The van der Waals surface area contributed by atoms with Gasteiger partial charge in [-0.1, -0.05) is 24.3 Å². The van der Waals surface area contributed by atoms with Gasteiger partial charge in [-0.15, -0.1) is 0 Å². The molecule has 0 fully saturated rings. The van der Waals surface area contributed by atoms with Gasteiger partial charge in [0.1, 0.15) is 5.03 Å². The molecule has 1 aromatic carbocycles. The van der Waals surface area contributed by atoms with E-state index in [1.165, 1.54) is 5.56 Å². The van der Waals surface area contributed by atoms with Gasteiger partial charge in [-0.3, -0.25) is 0 Å². The number of rotatable bonds is 4. The maximum Gasteiger partial charge on any atom is 0.108 e. The van der Waals surface area contributed by atoms with Gasteiger partial charge < -0.3 is 4.72 Å². The van der Waals surface area contributed by atoms with Crippen LogP contribution in [0.3, 0.4) is 0 Å². The van der Waals surface area contributed by atoms with E-state index in [1.807, 2.05) is 30.3 Å². The molecule has 2 aromatic rings. The lowest BCUT2D eigenvalue weighted by Gasteiger charge is -2.06. The predicted molar refractivity (Wildman–Crippen MR) is 72.5 cm³/mol. The second-order valence-corrected chi connectivity index (χ2v) is 5.21. The Morgan fingerprint density at radius 1 is 1.06 bits per heavy atom. The first-order valence-electron chi connectivity index (χ1n) is 4.92. The van der Waals surface area contributed by atoms with E-state index in [9.17, 15) is 0 Å². The topological polar surface area (TPSA) is 24.9 Å². The molecule has 0 saturated heterocycles. The van der Waals surface area contributed by atoms with Gasteiger partial charge in [-0.05, 0) is 41.5 Å². The molecule has 0 atom stereocenters. The summed E-state index contributed by atoms with van der Waals surface area (Å²) in [5.74, 6) is 0. The third-order valence-electron chi connectivity index (χ3n) is 2.06. The van der Waals surface area contributed by atoms with Gasteiger partial charge in [0.15, 0.2) is 0 Å². The van der Waals surface area contributed by atoms with Gasteiger partial charge in [0.05, 0.1) is 0 Å². The number of hydrogen-bond acceptors (Lipinski definition) is 4. The summed E-state index contributed by atoms with van der Waals surface area (Å²) in [6, 6.07) is 14.1. The average Bonchev–Trinajstić information content (AvgIpc) is 2.33. The summed E-state index contributed by atoms with van der Waals surface area (Å²) in [6.45, 7) is 2.09. The summed E-state index contributed by atoms with van der Waals surface area (Å²) in [5, 5.41) is 1.01. The number of pyridine rings is 1. The van der Waals surface area contributed by atoms with Gasteiger partial charge in [0, 0.05) is 22.9 Å². The van der Waals surface area contributed by atoms with Crippen molar-refractivity contribution < 1.29 is 0 Å². The Bertz CT molecular complexity index is 446. The smallest absolute Gasteiger partial charge is 0.108 e. The molecule has 0 amide bonds. The molecule has 1 heterocycles. The third-order valence-corrected chi connectivity index (χ3v) is 3.87. The quantitative estimate of drug-likeness (QED) is 0.649. The summed E-state index contributed by atoms with van der Waals surface area (Å²) in [5.41, 5.74) is 2.40. The Morgan fingerprint density at radius 2 is 1.88 bits per heavy atom. The monoisotopic (exact) mass is 248 g/mol. The molecule has 0 aliphatic heterocycles. The van der Waals surface area contributed by atoms with Crippen molar-refractivity contribution in [2.75, 3.05) is 4.72 Å². The number of para-hydroxylation sites is 1. The summed E-state index contributed by atoms with van der Waals surface area (Å²) in [6.07, 6.45) is 1.80. The maximum atomic E-state index is 4.23. The van der Waals surface area contributed by atoms with E-state index in [4.69, 9.17) is 0 Å². The number of nitrogens with one attached hydrogen (secondary N) is 1. The number of aromatic nitrogens is 1. The molecular formula is C12H12N2S2. The highest BCUT2D eigenvalue weighted by Crippen LogP contribution is 2.30. The van der Waals surface area contributed by atoms with Gasteiger partial charge in [-0.25, -0.2) is 4.98 Å². The Balaban J connectivity index is 1.87. The molecule has 0 aliphatic carbocycles. The average molecular weight is 248 g/mol. The van der Waals surface area contributed by atoms with Crippen molar-refractivity contribution in [3.8, 4) is 0 Å². The van der Waals surface area contributed by atoms with Crippen LogP contribution < -0.4 is 4.72 Å². The Hall–Kier alpha value is -1.13. The molecule has 82 valence electrons. The van der Waals surface area contributed by atoms with Crippen LogP contribution in [0.5, 0.6) is 0 Å². The van der Waals surface area contributed by atoms with Gasteiger partial charge in [-0.2, -0.15) is 0 Å². The lowest BCUT2D eigenvalue weighted by Crippen LogP contribution is -1.87.